The summed E-state index contributed by atoms with van der Waals surface area (Å²) in [7, 11) is 0. The molecule has 0 fully saturated rings. The first-order valence-corrected chi connectivity index (χ1v) is 6.45. The number of hydrogen-bond acceptors (Lipinski definition) is 3. The highest BCUT2D eigenvalue weighted by Crippen LogP contribution is 2.18. The molecule has 110 valence electrons. The second kappa shape index (κ2) is 8.14. The lowest BCUT2D eigenvalue weighted by atomic mass is 10.2. The number of carboxylic acid groups (broad SMARTS) is 1. The van der Waals surface area contributed by atoms with E-state index in [-0.39, 0.29) is 24.6 Å². The Bertz CT molecular complexity index is 464. The molecule has 1 aromatic rings. The highest BCUT2D eigenvalue weighted by atomic mass is 19.1. The van der Waals surface area contributed by atoms with Crippen molar-refractivity contribution in [3.8, 4) is 5.75 Å². The van der Waals surface area contributed by atoms with Crippen molar-refractivity contribution in [3.05, 3.63) is 30.1 Å². The Morgan fingerprint density at radius 1 is 1.40 bits per heavy atom. The summed E-state index contributed by atoms with van der Waals surface area (Å²) in [6.45, 7) is 2.00. The van der Waals surface area contributed by atoms with E-state index in [4.69, 9.17) is 9.84 Å². The summed E-state index contributed by atoms with van der Waals surface area (Å²) in [5.74, 6) is -1.78. The van der Waals surface area contributed by atoms with Gasteiger partial charge in [0.2, 0.25) is 0 Å². The number of carboxylic acids is 1. The molecule has 0 aromatic heterocycles. The second-order valence-electron chi connectivity index (χ2n) is 4.23. The van der Waals surface area contributed by atoms with Gasteiger partial charge in [0, 0.05) is 13.0 Å². The van der Waals surface area contributed by atoms with Crippen LogP contribution in [0.25, 0.3) is 0 Å². The number of carbonyl (C=O) groups is 2. The fourth-order valence-electron chi connectivity index (χ4n) is 1.58. The van der Waals surface area contributed by atoms with Gasteiger partial charge in [0.05, 0.1) is 0 Å². The SMILES string of the molecule is CCC(Oc1ccccc1F)C(=O)NCCCC(=O)O. The van der Waals surface area contributed by atoms with Crippen molar-refractivity contribution < 1.29 is 23.8 Å². The van der Waals surface area contributed by atoms with Gasteiger partial charge in [-0.15, -0.1) is 0 Å². The largest absolute Gasteiger partial charge is 0.481 e. The van der Waals surface area contributed by atoms with Crippen LogP contribution >= 0.6 is 0 Å². The molecule has 1 rings (SSSR count). The van der Waals surface area contributed by atoms with Crippen molar-refractivity contribution in [1.29, 1.82) is 0 Å². The molecule has 5 nitrogen and oxygen atoms in total. The molecule has 2 N–H and O–H groups in total. The van der Waals surface area contributed by atoms with E-state index in [1.807, 2.05) is 0 Å². The predicted molar refractivity (Wildman–Crippen MR) is 71.0 cm³/mol. The summed E-state index contributed by atoms with van der Waals surface area (Å²) in [5, 5.41) is 11.1. The van der Waals surface area contributed by atoms with E-state index in [2.05, 4.69) is 5.32 Å². The first kappa shape index (κ1) is 15.9. The standard InChI is InChI=1S/C14H18FNO4/c1-2-11(14(19)16-9-5-8-13(17)18)20-12-7-4-3-6-10(12)15/h3-4,6-7,11H,2,5,8-9H2,1H3,(H,16,19)(H,17,18). The zero-order valence-electron chi connectivity index (χ0n) is 11.3. The molecular weight excluding hydrogens is 265 g/mol. The van der Waals surface area contributed by atoms with Crippen LogP contribution in [0.1, 0.15) is 26.2 Å². The highest BCUT2D eigenvalue weighted by molar-refractivity contribution is 5.81. The molecule has 1 unspecified atom stereocenters. The number of halogens is 1. The second-order valence-corrected chi connectivity index (χ2v) is 4.23. The van der Waals surface area contributed by atoms with Crippen molar-refractivity contribution in [1.82, 2.24) is 5.32 Å². The summed E-state index contributed by atoms with van der Waals surface area (Å²) in [4.78, 5) is 22.2. The van der Waals surface area contributed by atoms with Crippen LogP contribution in [-0.4, -0.2) is 29.6 Å². The monoisotopic (exact) mass is 283 g/mol. The van der Waals surface area contributed by atoms with Crippen LogP contribution in [0.3, 0.4) is 0 Å². The first-order chi connectivity index (χ1) is 9.54. The number of hydrogen-bond donors (Lipinski definition) is 2. The molecule has 20 heavy (non-hydrogen) atoms. The summed E-state index contributed by atoms with van der Waals surface area (Å²) in [6.07, 6.45) is -0.0709. The highest BCUT2D eigenvalue weighted by Gasteiger charge is 2.19. The maximum absolute atomic E-state index is 13.4. The summed E-state index contributed by atoms with van der Waals surface area (Å²) >= 11 is 0. The minimum absolute atomic E-state index is 0.00869. The van der Waals surface area contributed by atoms with Gasteiger partial charge in [0.25, 0.3) is 5.91 Å². The Hall–Kier alpha value is -2.11. The van der Waals surface area contributed by atoms with E-state index in [1.54, 1.807) is 13.0 Å². The molecule has 0 radical (unpaired) electrons. The van der Waals surface area contributed by atoms with E-state index in [0.29, 0.717) is 12.8 Å². The number of nitrogens with one attached hydrogen (secondary N) is 1. The van der Waals surface area contributed by atoms with Crippen molar-refractivity contribution >= 4 is 11.9 Å². The number of benzene rings is 1. The molecule has 0 aliphatic rings. The van der Waals surface area contributed by atoms with E-state index in [1.165, 1.54) is 18.2 Å². The molecule has 0 aliphatic heterocycles. The van der Waals surface area contributed by atoms with Crippen LogP contribution in [-0.2, 0) is 9.59 Å². The molecule has 6 heteroatoms. The van der Waals surface area contributed by atoms with E-state index < -0.39 is 17.9 Å². The molecule has 1 amide bonds. The Morgan fingerprint density at radius 2 is 2.10 bits per heavy atom. The van der Waals surface area contributed by atoms with Gasteiger partial charge in [-0.3, -0.25) is 9.59 Å². The van der Waals surface area contributed by atoms with Crippen LogP contribution in [0.2, 0.25) is 0 Å². The van der Waals surface area contributed by atoms with Crippen LogP contribution in [0.5, 0.6) is 5.75 Å². The zero-order chi connectivity index (χ0) is 15.0. The van der Waals surface area contributed by atoms with E-state index >= 15 is 0 Å². The normalized spacial score (nSPS) is 11.7. The number of rotatable bonds is 8. The maximum Gasteiger partial charge on any atom is 0.303 e. The fourth-order valence-corrected chi connectivity index (χ4v) is 1.58. The fraction of sp³-hybridized carbons (Fsp3) is 0.429. The van der Waals surface area contributed by atoms with Gasteiger partial charge in [-0.1, -0.05) is 19.1 Å². The molecule has 0 saturated carbocycles. The van der Waals surface area contributed by atoms with Crippen LogP contribution in [0.4, 0.5) is 4.39 Å². The average molecular weight is 283 g/mol. The number of carbonyl (C=O) groups excluding carboxylic acids is 1. The lowest BCUT2D eigenvalue weighted by Crippen LogP contribution is -2.38. The summed E-state index contributed by atoms with van der Waals surface area (Å²) in [6, 6.07) is 5.87. The smallest absolute Gasteiger partial charge is 0.303 e. The molecule has 0 aliphatic carbocycles. The Balaban J connectivity index is 2.47. The Labute approximate surface area is 116 Å². The molecule has 0 spiro atoms. The van der Waals surface area contributed by atoms with E-state index in [0.717, 1.165) is 0 Å². The van der Waals surface area contributed by atoms with Crippen LogP contribution < -0.4 is 10.1 Å². The van der Waals surface area contributed by atoms with Crippen molar-refractivity contribution in [2.24, 2.45) is 0 Å². The maximum atomic E-state index is 13.4. The number of para-hydroxylation sites is 1. The van der Waals surface area contributed by atoms with E-state index in [9.17, 15) is 14.0 Å². The lowest BCUT2D eigenvalue weighted by molar-refractivity contribution is -0.137. The Morgan fingerprint density at radius 3 is 2.70 bits per heavy atom. The van der Waals surface area contributed by atoms with Crippen molar-refractivity contribution in [3.63, 3.8) is 0 Å². The first-order valence-electron chi connectivity index (χ1n) is 6.45. The van der Waals surface area contributed by atoms with Gasteiger partial charge in [0.15, 0.2) is 17.7 Å². The van der Waals surface area contributed by atoms with Gasteiger partial charge in [-0.2, -0.15) is 0 Å². The lowest BCUT2D eigenvalue weighted by Gasteiger charge is -2.17. The quantitative estimate of drug-likeness (QED) is 0.715. The number of aliphatic carboxylic acids is 1. The van der Waals surface area contributed by atoms with Crippen molar-refractivity contribution in [2.45, 2.75) is 32.3 Å². The third-order valence-electron chi connectivity index (χ3n) is 2.64. The molecule has 0 saturated heterocycles. The topological polar surface area (TPSA) is 75.6 Å². The summed E-state index contributed by atoms with van der Waals surface area (Å²) < 4.78 is 18.8. The molecule has 1 atom stereocenters. The number of amides is 1. The van der Waals surface area contributed by atoms with Gasteiger partial charge in [-0.05, 0) is 25.0 Å². The minimum Gasteiger partial charge on any atom is -0.481 e. The van der Waals surface area contributed by atoms with Gasteiger partial charge in [-0.25, -0.2) is 4.39 Å². The van der Waals surface area contributed by atoms with Crippen molar-refractivity contribution in [2.75, 3.05) is 6.54 Å². The third-order valence-corrected chi connectivity index (χ3v) is 2.64. The molecule has 1 aromatic carbocycles. The van der Waals surface area contributed by atoms with Crippen LogP contribution in [0.15, 0.2) is 24.3 Å². The zero-order valence-corrected chi connectivity index (χ0v) is 11.3. The van der Waals surface area contributed by atoms with Gasteiger partial charge < -0.3 is 15.2 Å². The van der Waals surface area contributed by atoms with Crippen LogP contribution in [0, 0.1) is 5.82 Å². The third kappa shape index (κ3) is 5.26. The number of ether oxygens (including phenoxy) is 1. The Kier molecular flexibility index (Phi) is 6.49. The molecule has 0 heterocycles. The minimum atomic E-state index is -0.908. The average Bonchev–Trinajstić information content (AvgIpc) is 2.42. The predicted octanol–water partition coefficient (Wildman–Crippen LogP) is 1.96. The summed E-state index contributed by atoms with van der Waals surface area (Å²) in [5.41, 5.74) is 0. The molecular formula is C14H18FNO4. The van der Waals surface area contributed by atoms with Gasteiger partial charge in [0.1, 0.15) is 0 Å². The molecule has 0 bridgehead atoms. The van der Waals surface area contributed by atoms with Gasteiger partial charge >= 0.3 is 5.97 Å².